The summed E-state index contributed by atoms with van der Waals surface area (Å²) in [6, 6.07) is 5.99. The normalized spacial score (nSPS) is 15.4. The van der Waals surface area contributed by atoms with Crippen molar-refractivity contribution in [1.29, 1.82) is 0 Å². The Balaban J connectivity index is 1.95. The Kier molecular flexibility index (Phi) is 2.90. The van der Waals surface area contributed by atoms with Crippen molar-refractivity contribution in [3.05, 3.63) is 42.0 Å². The minimum Gasteiger partial charge on any atom is -0.486 e. The molecule has 5 heteroatoms. The van der Waals surface area contributed by atoms with Crippen LogP contribution in [0.5, 0.6) is 11.5 Å². The van der Waals surface area contributed by atoms with Gasteiger partial charge in [-0.25, -0.2) is 4.98 Å². The van der Waals surface area contributed by atoms with Crippen LogP contribution in [0.4, 0.5) is 0 Å². The molecule has 2 aromatic rings. The minimum absolute atomic E-state index is 0.0239. The molecule has 5 nitrogen and oxygen atoms in total. The summed E-state index contributed by atoms with van der Waals surface area (Å²) < 4.78 is 11.1. The van der Waals surface area contributed by atoms with Crippen LogP contribution in [0.2, 0.25) is 0 Å². The predicted octanol–water partition coefficient (Wildman–Crippen LogP) is 1.49. The fourth-order valence-corrected chi connectivity index (χ4v) is 2.14. The van der Waals surface area contributed by atoms with Crippen LogP contribution in [-0.4, -0.2) is 30.2 Å². The third kappa shape index (κ3) is 1.93. The van der Waals surface area contributed by atoms with E-state index in [9.17, 15) is 0 Å². The molecule has 1 unspecified atom stereocenters. The topological polar surface area (TPSA) is 59.2 Å². The molecule has 0 fully saturated rings. The zero-order valence-corrected chi connectivity index (χ0v) is 10.1. The summed E-state index contributed by atoms with van der Waals surface area (Å²) in [6.07, 6.45) is 3.56. The summed E-state index contributed by atoms with van der Waals surface area (Å²) in [7, 11) is 1.91. The fourth-order valence-electron chi connectivity index (χ4n) is 2.14. The van der Waals surface area contributed by atoms with Crippen molar-refractivity contribution in [2.75, 3.05) is 20.3 Å². The van der Waals surface area contributed by atoms with E-state index >= 15 is 0 Å². The molecule has 1 aromatic carbocycles. The van der Waals surface area contributed by atoms with Crippen LogP contribution in [0.25, 0.3) is 0 Å². The van der Waals surface area contributed by atoms with Gasteiger partial charge in [-0.15, -0.1) is 0 Å². The van der Waals surface area contributed by atoms with E-state index in [-0.39, 0.29) is 6.04 Å². The minimum atomic E-state index is 0.0239. The molecule has 0 radical (unpaired) electrons. The number of fused-ring (bicyclic) bond motifs is 1. The summed E-state index contributed by atoms with van der Waals surface area (Å²) in [5.41, 5.74) is 1.09. The standard InChI is InChI=1S/C13H15N3O2/c1-14-12(13-15-4-5-16-13)9-2-3-10-11(8-9)18-7-6-17-10/h2-5,8,12,14H,6-7H2,1H3,(H,15,16). The molecule has 0 aliphatic carbocycles. The molecular weight excluding hydrogens is 230 g/mol. The first-order valence-corrected chi connectivity index (χ1v) is 5.94. The number of aromatic nitrogens is 2. The first-order chi connectivity index (χ1) is 8.88. The van der Waals surface area contributed by atoms with Crippen molar-refractivity contribution >= 4 is 0 Å². The van der Waals surface area contributed by atoms with Gasteiger partial charge >= 0.3 is 0 Å². The highest BCUT2D eigenvalue weighted by Crippen LogP contribution is 2.33. The van der Waals surface area contributed by atoms with Crippen molar-refractivity contribution in [2.24, 2.45) is 0 Å². The summed E-state index contributed by atoms with van der Waals surface area (Å²) in [4.78, 5) is 7.41. The number of hydrogen-bond donors (Lipinski definition) is 2. The average Bonchev–Trinajstić information content (AvgIpc) is 2.93. The van der Waals surface area contributed by atoms with E-state index in [2.05, 4.69) is 15.3 Å². The molecule has 3 rings (SSSR count). The lowest BCUT2D eigenvalue weighted by atomic mass is 10.1. The van der Waals surface area contributed by atoms with Gasteiger partial charge in [0, 0.05) is 12.4 Å². The van der Waals surface area contributed by atoms with E-state index in [0.717, 1.165) is 22.9 Å². The van der Waals surface area contributed by atoms with Gasteiger partial charge in [-0.3, -0.25) is 0 Å². The number of H-pyrrole nitrogens is 1. The van der Waals surface area contributed by atoms with E-state index in [1.54, 1.807) is 6.20 Å². The van der Waals surface area contributed by atoms with E-state index in [1.807, 2.05) is 31.4 Å². The van der Waals surface area contributed by atoms with E-state index in [0.29, 0.717) is 13.2 Å². The Morgan fingerprint density at radius 2 is 2.11 bits per heavy atom. The zero-order chi connectivity index (χ0) is 12.4. The van der Waals surface area contributed by atoms with Crippen LogP contribution in [0.1, 0.15) is 17.4 Å². The molecule has 1 aliphatic heterocycles. The van der Waals surface area contributed by atoms with Crippen LogP contribution in [0.15, 0.2) is 30.6 Å². The molecule has 0 spiro atoms. The van der Waals surface area contributed by atoms with E-state index in [1.165, 1.54) is 0 Å². The Morgan fingerprint density at radius 3 is 2.83 bits per heavy atom. The molecule has 2 heterocycles. The molecule has 0 bridgehead atoms. The second-order valence-corrected chi connectivity index (χ2v) is 4.10. The Morgan fingerprint density at radius 1 is 1.28 bits per heavy atom. The third-order valence-corrected chi connectivity index (χ3v) is 2.98. The average molecular weight is 245 g/mol. The fraction of sp³-hybridized carbons (Fsp3) is 0.308. The SMILES string of the molecule is CNC(c1ccc2c(c1)OCCO2)c1ncc[nH]1. The molecule has 94 valence electrons. The molecule has 0 saturated carbocycles. The second-order valence-electron chi connectivity index (χ2n) is 4.10. The third-order valence-electron chi connectivity index (χ3n) is 2.98. The highest BCUT2D eigenvalue weighted by Gasteiger charge is 2.18. The maximum absolute atomic E-state index is 5.59. The number of benzene rings is 1. The highest BCUT2D eigenvalue weighted by atomic mass is 16.6. The second kappa shape index (κ2) is 4.70. The summed E-state index contributed by atoms with van der Waals surface area (Å²) in [5.74, 6) is 2.49. The first-order valence-electron chi connectivity index (χ1n) is 5.94. The van der Waals surface area contributed by atoms with Gasteiger partial charge in [0.2, 0.25) is 0 Å². The smallest absolute Gasteiger partial charge is 0.161 e. The lowest BCUT2D eigenvalue weighted by molar-refractivity contribution is 0.171. The number of aromatic amines is 1. The number of nitrogens with zero attached hydrogens (tertiary/aromatic N) is 1. The molecule has 1 aliphatic rings. The van der Waals surface area contributed by atoms with Crippen LogP contribution in [0, 0.1) is 0 Å². The maximum Gasteiger partial charge on any atom is 0.161 e. The summed E-state index contributed by atoms with van der Waals surface area (Å²) in [5, 5.41) is 3.24. The van der Waals surface area contributed by atoms with Crippen LogP contribution in [-0.2, 0) is 0 Å². The maximum atomic E-state index is 5.59. The van der Waals surface area contributed by atoms with Crippen molar-refractivity contribution < 1.29 is 9.47 Å². The van der Waals surface area contributed by atoms with Crippen LogP contribution >= 0.6 is 0 Å². The van der Waals surface area contributed by atoms with Gasteiger partial charge in [-0.05, 0) is 24.7 Å². The molecule has 1 atom stereocenters. The van der Waals surface area contributed by atoms with E-state index < -0.39 is 0 Å². The van der Waals surface area contributed by atoms with Gasteiger partial charge in [0.15, 0.2) is 11.5 Å². The molecular formula is C13H15N3O2. The molecule has 1 aromatic heterocycles. The molecule has 0 amide bonds. The number of nitrogens with one attached hydrogen (secondary N) is 2. The van der Waals surface area contributed by atoms with Gasteiger partial charge < -0.3 is 19.8 Å². The van der Waals surface area contributed by atoms with Crippen LogP contribution < -0.4 is 14.8 Å². The quantitative estimate of drug-likeness (QED) is 0.860. The lowest BCUT2D eigenvalue weighted by Gasteiger charge is -2.21. The van der Waals surface area contributed by atoms with Crippen molar-refractivity contribution in [1.82, 2.24) is 15.3 Å². The predicted molar refractivity (Wildman–Crippen MR) is 66.9 cm³/mol. The summed E-state index contributed by atoms with van der Waals surface area (Å²) in [6.45, 7) is 1.21. The zero-order valence-electron chi connectivity index (χ0n) is 10.1. The Labute approximate surface area is 105 Å². The van der Waals surface area contributed by atoms with Crippen molar-refractivity contribution in [3.63, 3.8) is 0 Å². The Hall–Kier alpha value is -2.01. The first kappa shape index (κ1) is 11.1. The number of hydrogen-bond acceptors (Lipinski definition) is 4. The van der Waals surface area contributed by atoms with Crippen molar-refractivity contribution in [3.8, 4) is 11.5 Å². The monoisotopic (exact) mass is 245 g/mol. The number of imidazole rings is 1. The number of rotatable bonds is 3. The summed E-state index contributed by atoms with van der Waals surface area (Å²) >= 11 is 0. The molecule has 18 heavy (non-hydrogen) atoms. The van der Waals surface area contributed by atoms with Gasteiger partial charge in [-0.2, -0.15) is 0 Å². The lowest BCUT2D eigenvalue weighted by Crippen LogP contribution is -2.20. The van der Waals surface area contributed by atoms with Crippen LogP contribution in [0.3, 0.4) is 0 Å². The van der Waals surface area contributed by atoms with Gasteiger partial charge in [0.05, 0.1) is 6.04 Å². The highest BCUT2D eigenvalue weighted by molar-refractivity contribution is 5.45. The molecule has 2 N–H and O–H groups in total. The van der Waals surface area contributed by atoms with Crippen molar-refractivity contribution in [2.45, 2.75) is 6.04 Å². The largest absolute Gasteiger partial charge is 0.486 e. The van der Waals surface area contributed by atoms with Gasteiger partial charge in [-0.1, -0.05) is 6.07 Å². The van der Waals surface area contributed by atoms with E-state index in [4.69, 9.17) is 9.47 Å². The molecule has 0 saturated heterocycles. The van der Waals surface area contributed by atoms with Gasteiger partial charge in [0.25, 0.3) is 0 Å². The number of ether oxygens (including phenoxy) is 2. The van der Waals surface area contributed by atoms with Gasteiger partial charge in [0.1, 0.15) is 19.0 Å². The Bertz CT molecular complexity index is 525.